The number of rotatable bonds is 3. The first-order valence-corrected chi connectivity index (χ1v) is 5.66. The van der Waals surface area contributed by atoms with E-state index in [9.17, 15) is 14.4 Å². The Labute approximate surface area is 100 Å². The highest BCUT2D eigenvalue weighted by atomic mass is 16.5. The van der Waals surface area contributed by atoms with Crippen molar-refractivity contribution in [3.63, 3.8) is 0 Å². The second-order valence-electron chi connectivity index (χ2n) is 4.06. The number of likely N-dealkylation sites (N-methyl/N-ethyl adjacent to an activating group) is 1. The van der Waals surface area contributed by atoms with Crippen LogP contribution in [0.2, 0.25) is 0 Å². The van der Waals surface area contributed by atoms with Crippen LogP contribution in [0.3, 0.4) is 0 Å². The van der Waals surface area contributed by atoms with Crippen molar-refractivity contribution in [1.29, 1.82) is 0 Å². The predicted octanol–water partition coefficient (Wildman–Crippen LogP) is -0.325. The standard InChI is InChI=1S/C11H18N2O4/c1-7(10(15)12-3)17-11(16)9-5-4-6-13(9)8(2)14/h7,9H,4-6H2,1-3H3,(H,12,15). The highest BCUT2D eigenvalue weighted by Crippen LogP contribution is 2.19. The van der Waals surface area contributed by atoms with E-state index in [0.717, 1.165) is 6.42 Å². The van der Waals surface area contributed by atoms with Crippen LogP contribution in [0.25, 0.3) is 0 Å². The third-order valence-electron chi connectivity index (χ3n) is 2.84. The molecule has 1 N–H and O–H groups in total. The first-order chi connectivity index (χ1) is 7.97. The Bertz CT molecular complexity index is 329. The van der Waals surface area contributed by atoms with Gasteiger partial charge in [0.2, 0.25) is 5.91 Å². The van der Waals surface area contributed by atoms with Gasteiger partial charge < -0.3 is 15.0 Å². The molecule has 2 atom stereocenters. The summed E-state index contributed by atoms with van der Waals surface area (Å²) >= 11 is 0. The number of amides is 2. The van der Waals surface area contributed by atoms with E-state index >= 15 is 0 Å². The van der Waals surface area contributed by atoms with Crippen molar-refractivity contribution in [2.45, 2.75) is 38.8 Å². The van der Waals surface area contributed by atoms with Gasteiger partial charge in [0.15, 0.2) is 6.10 Å². The van der Waals surface area contributed by atoms with E-state index in [2.05, 4.69) is 5.32 Å². The number of ether oxygens (including phenoxy) is 1. The molecule has 0 radical (unpaired) electrons. The lowest BCUT2D eigenvalue weighted by Crippen LogP contribution is -2.43. The van der Waals surface area contributed by atoms with Crippen molar-refractivity contribution in [2.24, 2.45) is 0 Å². The third-order valence-corrected chi connectivity index (χ3v) is 2.84. The lowest BCUT2D eigenvalue weighted by atomic mass is 10.2. The van der Waals surface area contributed by atoms with E-state index in [1.807, 2.05) is 0 Å². The fourth-order valence-electron chi connectivity index (χ4n) is 1.90. The van der Waals surface area contributed by atoms with Gasteiger partial charge in [-0.05, 0) is 19.8 Å². The monoisotopic (exact) mass is 242 g/mol. The van der Waals surface area contributed by atoms with Crippen LogP contribution in [-0.2, 0) is 19.1 Å². The quantitative estimate of drug-likeness (QED) is 0.688. The smallest absolute Gasteiger partial charge is 0.329 e. The number of nitrogens with one attached hydrogen (secondary N) is 1. The Balaban J connectivity index is 2.58. The number of hydrogen-bond acceptors (Lipinski definition) is 4. The summed E-state index contributed by atoms with van der Waals surface area (Å²) in [5.74, 6) is -1.00. The van der Waals surface area contributed by atoms with E-state index in [-0.39, 0.29) is 11.8 Å². The molecule has 0 aromatic rings. The molecule has 1 fully saturated rings. The molecule has 0 aromatic heterocycles. The van der Waals surface area contributed by atoms with Gasteiger partial charge in [0.1, 0.15) is 6.04 Å². The second kappa shape index (κ2) is 5.65. The maximum absolute atomic E-state index is 11.8. The zero-order valence-electron chi connectivity index (χ0n) is 10.4. The molecule has 6 nitrogen and oxygen atoms in total. The molecule has 1 aliphatic heterocycles. The molecule has 2 amide bonds. The van der Waals surface area contributed by atoms with Crippen LogP contribution in [0, 0.1) is 0 Å². The van der Waals surface area contributed by atoms with E-state index in [4.69, 9.17) is 4.74 Å². The minimum Gasteiger partial charge on any atom is -0.451 e. The van der Waals surface area contributed by atoms with E-state index in [1.165, 1.54) is 25.8 Å². The summed E-state index contributed by atoms with van der Waals surface area (Å²) in [5.41, 5.74) is 0. The van der Waals surface area contributed by atoms with E-state index in [1.54, 1.807) is 0 Å². The molecule has 6 heteroatoms. The predicted molar refractivity (Wildman–Crippen MR) is 60.0 cm³/mol. The van der Waals surface area contributed by atoms with Gasteiger partial charge in [0.25, 0.3) is 5.91 Å². The number of nitrogens with zero attached hydrogens (tertiary/aromatic N) is 1. The molecular formula is C11H18N2O4. The average Bonchev–Trinajstić information content (AvgIpc) is 2.76. The molecule has 1 heterocycles. The van der Waals surface area contributed by atoms with E-state index < -0.39 is 18.1 Å². The number of likely N-dealkylation sites (tertiary alicyclic amines) is 1. The van der Waals surface area contributed by atoms with Crippen LogP contribution in [0.5, 0.6) is 0 Å². The lowest BCUT2D eigenvalue weighted by molar-refractivity contribution is -0.160. The molecule has 0 aromatic carbocycles. The first kappa shape index (κ1) is 13.5. The molecule has 17 heavy (non-hydrogen) atoms. The minimum absolute atomic E-state index is 0.142. The van der Waals surface area contributed by atoms with Crippen molar-refractivity contribution >= 4 is 17.8 Å². The Morgan fingerprint density at radius 2 is 2.06 bits per heavy atom. The lowest BCUT2D eigenvalue weighted by Gasteiger charge is -2.23. The number of esters is 1. The third kappa shape index (κ3) is 3.18. The van der Waals surface area contributed by atoms with Gasteiger partial charge in [-0.3, -0.25) is 9.59 Å². The summed E-state index contributed by atoms with van der Waals surface area (Å²) in [5, 5.41) is 2.40. The number of carbonyl (C=O) groups is 3. The Morgan fingerprint density at radius 1 is 1.41 bits per heavy atom. The first-order valence-electron chi connectivity index (χ1n) is 5.66. The molecule has 0 saturated carbocycles. The van der Waals surface area contributed by atoms with Gasteiger partial charge in [0.05, 0.1) is 0 Å². The van der Waals surface area contributed by atoms with Crippen molar-refractivity contribution in [2.75, 3.05) is 13.6 Å². The number of hydrogen-bond donors (Lipinski definition) is 1. The highest BCUT2D eigenvalue weighted by Gasteiger charge is 2.34. The van der Waals surface area contributed by atoms with Gasteiger partial charge in [-0.15, -0.1) is 0 Å². The van der Waals surface area contributed by atoms with Gasteiger partial charge in [-0.25, -0.2) is 4.79 Å². The zero-order chi connectivity index (χ0) is 13.0. The Morgan fingerprint density at radius 3 is 2.59 bits per heavy atom. The van der Waals surface area contributed by atoms with Gasteiger partial charge >= 0.3 is 5.97 Å². The molecule has 1 aliphatic rings. The minimum atomic E-state index is -0.832. The van der Waals surface area contributed by atoms with E-state index in [0.29, 0.717) is 13.0 Å². The molecule has 96 valence electrons. The van der Waals surface area contributed by atoms with Crippen LogP contribution in [0.15, 0.2) is 0 Å². The van der Waals surface area contributed by atoms with Crippen LogP contribution in [0.4, 0.5) is 0 Å². The summed E-state index contributed by atoms with van der Waals surface area (Å²) < 4.78 is 5.02. The molecule has 2 unspecified atom stereocenters. The summed E-state index contributed by atoms with van der Waals surface area (Å²) in [6, 6.07) is -0.542. The normalized spacial score (nSPS) is 20.9. The van der Waals surface area contributed by atoms with Crippen LogP contribution in [-0.4, -0.2) is 48.4 Å². The zero-order valence-corrected chi connectivity index (χ0v) is 10.4. The SMILES string of the molecule is CNC(=O)C(C)OC(=O)C1CCCN1C(C)=O. The van der Waals surface area contributed by atoms with Crippen molar-refractivity contribution in [3.8, 4) is 0 Å². The summed E-state index contributed by atoms with van der Waals surface area (Å²) in [4.78, 5) is 35.8. The van der Waals surface area contributed by atoms with Crippen LogP contribution in [0.1, 0.15) is 26.7 Å². The Kier molecular flexibility index (Phi) is 4.48. The maximum atomic E-state index is 11.8. The van der Waals surface area contributed by atoms with Crippen molar-refractivity contribution < 1.29 is 19.1 Å². The molecular weight excluding hydrogens is 224 g/mol. The maximum Gasteiger partial charge on any atom is 0.329 e. The van der Waals surface area contributed by atoms with Gasteiger partial charge in [-0.2, -0.15) is 0 Å². The number of carbonyl (C=O) groups excluding carboxylic acids is 3. The largest absolute Gasteiger partial charge is 0.451 e. The highest BCUT2D eigenvalue weighted by molar-refractivity contribution is 5.87. The van der Waals surface area contributed by atoms with Gasteiger partial charge in [-0.1, -0.05) is 0 Å². The van der Waals surface area contributed by atoms with Gasteiger partial charge in [0, 0.05) is 20.5 Å². The topological polar surface area (TPSA) is 75.7 Å². The molecule has 1 saturated heterocycles. The fraction of sp³-hybridized carbons (Fsp3) is 0.727. The second-order valence-corrected chi connectivity index (χ2v) is 4.06. The van der Waals surface area contributed by atoms with Crippen LogP contribution < -0.4 is 5.32 Å². The Hall–Kier alpha value is -1.59. The molecule has 0 aliphatic carbocycles. The average molecular weight is 242 g/mol. The molecule has 0 spiro atoms. The fourth-order valence-corrected chi connectivity index (χ4v) is 1.90. The molecule has 1 rings (SSSR count). The molecule has 0 bridgehead atoms. The van der Waals surface area contributed by atoms with Crippen molar-refractivity contribution in [3.05, 3.63) is 0 Å². The summed E-state index contributed by atoms with van der Waals surface area (Å²) in [6.45, 7) is 3.50. The summed E-state index contributed by atoms with van der Waals surface area (Å²) in [7, 11) is 1.48. The van der Waals surface area contributed by atoms with Crippen LogP contribution >= 0.6 is 0 Å². The van der Waals surface area contributed by atoms with Crippen molar-refractivity contribution in [1.82, 2.24) is 10.2 Å². The summed E-state index contributed by atoms with van der Waals surface area (Å²) in [6.07, 6.45) is 0.550.